The molecule has 3 aliphatic rings. The summed E-state index contributed by atoms with van der Waals surface area (Å²) in [6.07, 6.45) is 4.46. The zero-order valence-electron chi connectivity index (χ0n) is 14.5. The van der Waals surface area contributed by atoms with E-state index < -0.39 is 0 Å². The van der Waals surface area contributed by atoms with Crippen LogP contribution in [0.15, 0.2) is 23.2 Å². The molecule has 0 aromatic heterocycles. The number of likely N-dealkylation sites (tertiary alicyclic amines) is 1. The van der Waals surface area contributed by atoms with Gasteiger partial charge < -0.3 is 19.7 Å². The summed E-state index contributed by atoms with van der Waals surface area (Å²) in [5, 5.41) is 3.54. The first-order valence-corrected chi connectivity index (χ1v) is 9.06. The summed E-state index contributed by atoms with van der Waals surface area (Å²) in [4.78, 5) is 6.88. The molecule has 1 aromatic carbocycles. The molecule has 3 aliphatic heterocycles. The number of rotatable bonds is 3. The molecular weight excluding hydrogens is 302 g/mol. The van der Waals surface area contributed by atoms with E-state index in [0.29, 0.717) is 5.41 Å². The van der Waals surface area contributed by atoms with Gasteiger partial charge in [0.15, 0.2) is 5.96 Å². The number of ether oxygens (including phenoxy) is 2. The van der Waals surface area contributed by atoms with Crippen LogP contribution in [0.1, 0.15) is 24.0 Å². The van der Waals surface area contributed by atoms with Crippen LogP contribution in [0.25, 0.3) is 0 Å². The van der Waals surface area contributed by atoms with E-state index in [4.69, 9.17) is 9.47 Å². The molecule has 0 aliphatic carbocycles. The van der Waals surface area contributed by atoms with Crippen LogP contribution in [0, 0.1) is 5.41 Å². The Kier molecular flexibility index (Phi) is 4.35. The predicted octanol–water partition coefficient (Wildman–Crippen LogP) is 1.85. The van der Waals surface area contributed by atoms with Crippen LogP contribution in [0.4, 0.5) is 0 Å². The number of hydrogen-bond acceptors (Lipinski definition) is 3. The summed E-state index contributed by atoms with van der Waals surface area (Å²) < 4.78 is 11.2. The molecular formula is C19H27N3O2. The van der Waals surface area contributed by atoms with Crippen LogP contribution >= 0.6 is 0 Å². The molecule has 1 spiro atoms. The second-order valence-electron chi connectivity index (χ2n) is 7.24. The van der Waals surface area contributed by atoms with Gasteiger partial charge in [-0.25, -0.2) is 0 Å². The minimum absolute atomic E-state index is 0.373. The van der Waals surface area contributed by atoms with Gasteiger partial charge in [0, 0.05) is 45.1 Å². The molecule has 0 amide bonds. The lowest BCUT2D eigenvalue weighted by Crippen LogP contribution is -2.42. The molecule has 3 heterocycles. The van der Waals surface area contributed by atoms with Gasteiger partial charge in [0.25, 0.3) is 0 Å². The molecule has 5 nitrogen and oxygen atoms in total. The minimum Gasteiger partial charge on any atom is -0.493 e. The molecule has 5 heteroatoms. The smallest absolute Gasteiger partial charge is 0.193 e. The van der Waals surface area contributed by atoms with Gasteiger partial charge in [-0.15, -0.1) is 0 Å². The number of nitrogens with zero attached hydrogens (tertiary/aromatic N) is 2. The number of hydrogen-bond donors (Lipinski definition) is 1. The van der Waals surface area contributed by atoms with Gasteiger partial charge in [0.05, 0.1) is 13.2 Å². The average molecular weight is 329 g/mol. The lowest BCUT2D eigenvalue weighted by molar-refractivity contribution is 0.156. The van der Waals surface area contributed by atoms with Crippen molar-refractivity contribution in [2.75, 3.05) is 46.5 Å². The SMILES string of the molecule is CN=C(NCCc1ccc2c(c1)CCO2)N1CCC2(CCOC2)C1. The van der Waals surface area contributed by atoms with E-state index in [0.717, 1.165) is 64.0 Å². The monoisotopic (exact) mass is 329 g/mol. The first-order chi connectivity index (χ1) is 11.8. The molecule has 1 N–H and O–H groups in total. The molecule has 1 unspecified atom stereocenters. The van der Waals surface area contributed by atoms with E-state index >= 15 is 0 Å². The average Bonchev–Trinajstić information content (AvgIpc) is 3.33. The zero-order valence-corrected chi connectivity index (χ0v) is 14.5. The van der Waals surface area contributed by atoms with Crippen LogP contribution in [-0.2, 0) is 17.6 Å². The molecule has 2 saturated heterocycles. The largest absolute Gasteiger partial charge is 0.493 e. The quantitative estimate of drug-likeness (QED) is 0.679. The second-order valence-corrected chi connectivity index (χ2v) is 7.24. The maximum absolute atomic E-state index is 5.62. The second kappa shape index (κ2) is 6.63. The Hall–Kier alpha value is -1.75. The summed E-state index contributed by atoms with van der Waals surface area (Å²) >= 11 is 0. The van der Waals surface area contributed by atoms with Crippen molar-refractivity contribution in [3.05, 3.63) is 29.3 Å². The van der Waals surface area contributed by atoms with Crippen molar-refractivity contribution in [1.29, 1.82) is 0 Å². The van der Waals surface area contributed by atoms with Gasteiger partial charge in [0.1, 0.15) is 5.75 Å². The van der Waals surface area contributed by atoms with Gasteiger partial charge in [-0.3, -0.25) is 4.99 Å². The van der Waals surface area contributed by atoms with Crippen molar-refractivity contribution in [2.45, 2.75) is 25.7 Å². The normalized spacial score (nSPS) is 26.0. The summed E-state index contributed by atoms with van der Waals surface area (Å²) in [7, 11) is 1.88. The van der Waals surface area contributed by atoms with E-state index in [-0.39, 0.29) is 0 Å². The Bertz CT molecular complexity index is 623. The fraction of sp³-hybridized carbons (Fsp3) is 0.632. The van der Waals surface area contributed by atoms with Crippen molar-refractivity contribution in [1.82, 2.24) is 10.2 Å². The third-order valence-corrected chi connectivity index (χ3v) is 5.59. The Morgan fingerprint density at radius 2 is 2.29 bits per heavy atom. The number of guanidine groups is 1. The van der Waals surface area contributed by atoms with Crippen LogP contribution in [0.5, 0.6) is 5.75 Å². The summed E-state index contributed by atoms with van der Waals surface area (Å²) in [6, 6.07) is 6.57. The molecule has 1 aromatic rings. The molecule has 0 saturated carbocycles. The fourth-order valence-corrected chi connectivity index (χ4v) is 4.13. The van der Waals surface area contributed by atoms with Gasteiger partial charge >= 0.3 is 0 Å². The standard InChI is InChI=1S/C19H27N3O2/c1-20-18(22-9-6-19(13-22)7-11-23-14-19)21-8-4-15-2-3-17-16(12-15)5-10-24-17/h2-3,12H,4-11,13-14H2,1H3,(H,20,21). The topological polar surface area (TPSA) is 46.1 Å². The molecule has 2 fully saturated rings. The van der Waals surface area contributed by atoms with E-state index in [1.165, 1.54) is 24.0 Å². The van der Waals surface area contributed by atoms with E-state index in [1.54, 1.807) is 0 Å². The van der Waals surface area contributed by atoms with Crippen molar-refractivity contribution in [3.8, 4) is 5.75 Å². The minimum atomic E-state index is 0.373. The Labute approximate surface area is 144 Å². The molecule has 0 bridgehead atoms. The highest BCUT2D eigenvalue weighted by atomic mass is 16.5. The number of nitrogens with one attached hydrogen (secondary N) is 1. The van der Waals surface area contributed by atoms with Gasteiger partial charge in [-0.05, 0) is 36.5 Å². The Morgan fingerprint density at radius 1 is 1.33 bits per heavy atom. The molecule has 0 radical (unpaired) electrons. The highest BCUT2D eigenvalue weighted by Crippen LogP contribution is 2.38. The van der Waals surface area contributed by atoms with Gasteiger partial charge in [-0.2, -0.15) is 0 Å². The third-order valence-electron chi connectivity index (χ3n) is 5.59. The van der Waals surface area contributed by atoms with Crippen molar-refractivity contribution in [3.63, 3.8) is 0 Å². The third kappa shape index (κ3) is 3.09. The molecule has 130 valence electrons. The Balaban J connectivity index is 1.30. The van der Waals surface area contributed by atoms with E-state index in [9.17, 15) is 0 Å². The summed E-state index contributed by atoms with van der Waals surface area (Å²) in [5.41, 5.74) is 3.08. The molecule has 1 atom stereocenters. The maximum Gasteiger partial charge on any atom is 0.193 e. The van der Waals surface area contributed by atoms with Crippen LogP contribution in [0.3, 0.4) is 0 Å². The highest BCUT2D eigenvalue weighted by Gasteiger charge is 2.42. The number of benzene rings is 1. The van der Waals surface area contributed by atoms with Crippen molar-refractivity contribution < 1.29 is 9.47 Å². The van der Waals surface area contributed by atoms with Gasteiger partial charge in [0.2, 0.25) is 0 Å². The van der Waals surface area contributed by atoms with Crippen LogP contribution in [-0.4, -0.2) is 57.4 Å². The lowest BCUT2D eigenvalue weighted by atomic mass is 9.87. The first-order valence-electron chi connectivity index (χ1n) is 9.06. The first kappa shape index (κ1) is 15.8. The summed E-state index contributed by atoms with van der Waals surface area (Å²) in [6.45, 7) is 5.72. The van der Waals surface area contributed by atoms with Crippen molar-refractivity contribution >= 4 is 5.96 Å². The highest BCUT2D eigenvalue weighted by molar-refractivity contribution is 5.80. The number of aliphatic imine (C=N–C) groups is 1. The van der Waals surface area contributed by atoms with Gasteiger partial charge in [-0.1, -0.05) is 12.1 Å². The van der Waals surface area contributed by atoms with E-state index in [1.807, 2.05) is 7.05 Å². The molecule has 24 heavy (non-hydrogen) atoms. The van der Waals surface area contributed by atoms with Crippen LogP contribution in [0.2, 0.25) is 0 Å². The summed E-state index contributed by atoms with van der Waals surface area (Å²) in [5.74, 6) is 2.09. The van der Waals surface area contributed by atoms with E-state index in [2.05, 4.69) is 33.4 Å². The predicted molar refractivity (Wildman–Crippen MR) is 94.8 cm³/mol. The number of fused-ring (bicyclic) bond motifs is 1. The van der Waals surface area contributed by atoms with Crippen LogP contribution < -0.4 is 10.1 Å². The Morgan fingerprint density at radius 3 is 3.12 bits per heavy atom. The molecule has 4 rings (SSSR count). The fourth-order valence-electron chi connectivity index (χ4n) is 4.13. The lowest BCUT2D eigenvalue weighted by Gasteiger charge is -2.25. The van der Waals surface area contributed by atoms with Crippen molar-refractivity contribution in [2.24, 2.45) is 10.4 Å². The maximum atomic E-state index is 5.62. The zero-order chi connectivity index (χ0) is 16.4.